The summed E-state index contributed by atoms with van der Waals surface area (Å²) < 4.78 is 10.3. The molecule has 3 heteroatoms. The summed E-state index contributed by atoms with van der Waals surface area (Å²) in [6.07, 6.45) is 5.55. The van der Waals surface area contributed by atoms with Gasteiger partial charge < -0.3 is 14.3 Å². The molecule has 0 saturated heterocycles. The molecule has 0 fully saturated rings. The lowest BCUT2D eigenvalue weighted by atomic mass is 10.0. The van der Waals surface area contributed by atoms with Crippen LogP contribution in [0.4, 0.5) is 0 Å². The van der Waals surface area contributed by atoms with E-state index in [4.69, 9.17) is 9.47 Å². The molecule has 1 atom stereocenters. The summed E-state index contributed by atoms with van der Waals surface area (Å²) in [5.41, 5.74) is 1.36. The molecule has 1 aromatic carbocycles. The lowest BCUT2D eigenvalue weighted by Crippen LogP contribution is -2.15. The zero-order chi connectivity index (χ0) is 13.1. The molecule has 100 valence electrons. The third kappa shape index (κ3) is 6.52. The summed E-state index contributed by atoms with van der Waals surface area (Å²) in [6.45, 7) is 0.261. The van der Waals surface area contributed by atoms with Gasteiger partial charge in [0, 0.05) is 13.5 Å². The summed E-state index contributed by atoms with van der Waals surface area (Å²) in [6, 6.07) is 10.4. The maximum absolute atomic E-state index is 10.5. The topological polar surface area (TPSA) is 35.5 Å². The van der Waals surface area contributed by atoms with Crippen molar-refractivity contribution in [2.24, 2.45) is 0 Å². The molecule has 1 rings (SSSR count). The number of ether oxygens (including phenoxy) is 2. The van der Waals surface area contributed by atoms with E-state index in [1.807, 2.05) is 6.07 Å². The minimum Gasteiger partial charge on any atom is -0.359 e. The van der Waals surface area contributed by atoms with Crippen LogP contribution in [0.5, 0.6) is 0 Å². The van der Waals surface area contributed by atoms with Crippen LogP contribution in [0.3, 0.4) is 0 Å². The Morgan fingerprint density at radius 2 is 2.00 bits per heavy atom. The van der Waals surface area contributed by atoms with E-state index in [0.717, 1.165) is 32.0 Å². The van der Waals surface area contributed by atoms with E-state index in [-0.39, 0.29) is 12.9 Å². The summed E-state index contributed by atoms with van der Waals surface area (Å²) >= 11 is 0. The first-order chi connectivity index (χ1) is 8.86. The predicted molar refractivity (Wildman–Crippen MR) is 71.4 cm³/mol. The van der Waals surface area contributed by atoms with Crippen molar-refractivity contribution in [3.05, 3.63) is 35.9 Å². The molecule has 0 amide bonds. The smallest absolute Gasteiger partial charge is 0.146 e. The fourth-order valence-corrected chi connectivity index (χ4v) is 1.89. The summed E-state index contributed by atoms with van der Waals surface area (Å²) in [4.78, 5) is 10.5. The van der Waals surface area contributed by atoms with Gasteiger partial charge in [0.2, 0.25) is 0 Å². The van der Waals surface area contributed by atoms with Gasteiger partial charge >= 0.3 is 0 Å². The number of hydrogen-bond donors (Lipinski definition) is 0. The van der Waals surface area contributed by atoms with Crippen molar-refractivity contribution in [1.82, 2.24) is 0 Å². The molecule has 0 N–H and O–H groups in total. The van der Waals surface area contributed by atoms with Gasteiger partial charge in [-0.1, -0.05) is 36.8 Å². The number of benzene rings is 1. The van der Waals surface area contributed by atoms with Crippen LogP contribution in [0.25, 0.3) is 0 Å². The van der Waals surface area contributed by atoms with Gasteiger partial charge in [-0.3, -0.25) is 0 Å². The quantitative estimate of drug-likeness (QED) is 0.364. The highest BCUT2D eigenvalue weighted by molar-refractivity contribution is 5.50. The van der Waals surface area contributed by atoms with Crippen LogP contribution in [0.2, 0.25) is 0 Å². The van der Waals surface area contributed by atoms with E-state index in [1.54, 1.807) is 7.11 Å². The van der Waals surface area contributed by atoms with E-state index in [2.05, 4.69) is 24.3 Å². The molecule has 0 aromatic heterocycles. The number of methoxy groups -OCH3 is 1. The Morgan fingerprint density at radius 3 is 2.67 bits per heavy atom. The van der Waals surface area contributed by atoms with Crippen molar-refractivity contribution >= 4 is 6.29 Å². The molecule has 0 bridgehead atoms. The van der Waals surface area contributed by atoms with Crippen LogP contribution in [0.15, 0.2) is 30.3 Å². The van der Waals surface area contributed by atoms with Gasteiger partial charge in [0.1, 0.15) is 13.1 Å². The lowest BCUT2D eigenvalue weighted by molar-refractivity contribution is -0.115. The molecular formula is C15H22O3. The Kier molecular flexibility index (Phi) is 8.10. The van der Waals surface area contributed by atoms with Crippen molar-refractivity contribution in [2.75, 3.05) is 13.9 Å². The van der Waals surface area contributed by atoms with Crippen LogP contribution in [0, 0.1) is 0 Å². The first-order valence-corrected chi connectivity index (χ1v) is 6.45. The molecule has 1 aromatic rings. The number of rotatable bonds is 10. The zero-order valence-electron chi connectivity index (χ0n) is 11.0. The SMILES string of the molecule is COCO[C@@H](CC=O)CCCCc1ccccc1. The Hall–Kier alpha value is -1.19. The minimum atomic E-state index is -0.00165. The molecule has 0 aliphatic carbocycles. The second-order valence-electron chi connectivity index (χ2n) is 4.33. The van der Waals surface area contributed by atoms with Crippen LogP contribution in [-0.2, 0) is 20.7 Å². The molecule has 0 heterocycles. The van der Waals surface area contributed by atoms with Crippen LogP contribution >= 0.6 is 0 Å². The number of carbonyl (C=O) groups is 1. The first-order valence-electron chi connectivity index (χ1n) is 6.45. The Bertz CT molecular complexity index is 311. The highest BCUT2D eigenvalue weighted by Crippen LogP contribution is 2.11. The molecule has 0 aliphatic rings. The van der Waals surface area contributed by atoms with Gasteiger partial charge in [-0.15, -0.1) is 0 Å². The molecule has 0 unspecified atom stereocenters. The fourth-order valence-electron chi connectivity index (χ4n) is 1.89. The monoisotopic (exact) mass is 250 g/mol. The predicted octanol–water partition coefficient (Wildman–Crippen LogP) is 2.98. The lowest BCUT2D eigenvalue weighted by Gasteiger charge is -2.14. The largest absolute Gasteiger partial charge is 0.359 e. The van der Waals surface area contributed by atoms with Gasteiger partial charge in [0.25, 0.3) is 0 Å². The molecule has 3 nitrogen and oxygen atoms in total. The number of carbonyl (C=O) groups excluding carboxylic acids is 1. The van der Waals surface area contributed by atoms with E-state index >= 15 is 0 Å². The van der Waals surface area contributed by atoms with Gasteiger partial charge in [0.05, 0.1) is 6.10 Å². The van der Waals surface area contributed by atoms with Crippen molar-refractivity contribution in [3.63, 3.8) is 0 Å². The van der Waals surface area contributed by atoms with Crippen LogP contribution in [0.1, 0.15) is 31.2 Å². The van der Waals surface area contributed by atoms with E-state index in [1.165, 1.54) is 5.56 Å². The van der Waals surface area contributed by atoms with E-state index in [0.29, 0.717) is 6.42 Å². The van der Waals surface area contributed by atoms with E-state index in [9.17, 15) is 4.79 Å². The Morgan fingerprint density at radius 1 is 1.22 bits per heavy atom. The average molecular weight is 250 g/mol. The average Bonchev–Trinajstić information content (AvgIpc) is 2.42. The first kappa shape index (κ1) is 14.9. The van der Waals surface area contributed by atoms with E-state index < -0.39 is 0 Å². The molecule has 0 saturated carbocycles. The van der Waals surface area contributed by atoms with Crippen molar-refractivity contribution in [1.29, 1.82) is 0 Å². The van der Waals surface area contributed by atoms with Crippen LogP contribution in [-0.4, -0.2) is 26.3 Å². The van der Waals surface area contributed by atoms with Crippen molar-refractivity contribution in [3.8, 4) is 0 Å². The summed E-state index contributed by atoms with van der Waals surface area (Å²) in [5, 5.41) is 0. The fraction of sp³-hybridized carbons (Fsp3) is 0.533. The maximum atomic E-state index is 10.5. The second kappa shape index (κ2) is 9.80. The molecule has 0 spiro atoms. The van der Waals surface area contributed by atoms with Crippen molar-refractivity contribution in [2.45, 2.75) is 38.2 Å². The van der Waals surface area contributed by atoms with Gasteiger partial charge in [-0.05, 0) is 24.8 Å². The molecular weight excluding hydrogens is 228 g/mol. The standard InChI is InChI=1S/C15H22O3/c1-17-13-18-15(11-12-16)10-6-5-9-14-7-3-2-4-8-14/h2-4,7-8,12,15H,5-6,9-11,13H2,1H3/t15-/m1/s1. The number of aldehydes is 1. The van der Waals surface area contributed by atoms with Gasteiger partial charge in [0.15, 0.2) is 0 Å². The third-order valence-corrected chi connectivity index (χ3v) is 2.87. The summed E-state index contributed by atoms with van der Waals surface area (Å²) in [5.74, 6) is 0. The van der Waals surface area contributed by atoms with Gasteiger partial charge in [-0.2, -0.15) is 0 Å². The highest BCUT2D eigenvalue weighted by Gasteiger charge is 2.07. The Balaban J connectivity index is 2.16. The number of unbranched alkanes of at least 4 members (excludes halogenated alkanes) is 1. The van der Waals surface area contributed by atoms with Gasteiger partial charge in [-0.25, -0.2) is 0 Å². The highest BCUT2D eigenvalue weighted by atomic mass is 16.7. The Labute approximate surface area is 109 Å². The van der Waals surface area contributed by atoms with Crippen LogP contribution < -0.4 is 0 Å². The molecule has 0 aliphatic heterocycles. The second-order valence-corrected chi connectivity index (χ2v) is 4.33. The number of aryl methyl sites for hydroxylation is 1. The zero-order valence-corrected chi connectivity index (χ0v) is 11.0. The minimum absolute atomic E-state index is 0.00165. The van der Waals surface area contributed by atoms with Crippen molar-refractivity contribution < 1.29 is 14.3 Å². The maximum Gasteiger partial charge on any atom is 0.146 e. The molecule has 18 heavy (non-hydrogen) atoms. The number of hydrogen-bond acceptors (Lipinski definition) is 3. The normalized spacial score (nSPS) is 12.3. The molecule has 0 radical (unpaired) electrons. The third-order valence-electron chi connectivity index (χ3n) is 2.87. The summed E-state index contributed by atoms with van der Waals surface area (Å²) in [7, 11) is 1.59.